The highest BCUT2D eigenvalue weighted by molar-refractivity contribution is 7.80. The molecular formula is C24H46O12S. The average Bonchev–Trinajstić information content (AvgIpc) is 2.84. The number of ether oxygens (including phenoxy) is 4. The van der Waals surface area contributed by atoms with Crippen molar-refractivity contribution in [2.75, 3.05) is 26.4 Å². The monoisotopic (exact) mass is 558 g/mol. The molecule has 13 heteroatoms. The van der Waals surface area contributed by atoms with E-state index in [2.05, 4.69) is 11.1 Å². The maximum atomic E-state index is 12.0. The van der Waals surface area contributed by atoms with Crippen molar-refractivity contribution in [2.45, 2.75) is 121 Å². The first-order chi connectivity index (χ1) is 17.6. The van der Waals surface area contributed by atoms with E-state index >= 15 is 0 Å². The predicted octanol–water partition coefficient (Wildman–Crippen LogP) is 1.89. The molecule has 0 aromatic heterocycles. The minimum absolute atomic E-state index is 0.0340. The second kappa shape index (κ2) is 19.2. The number of aliphatic hydroxyl groups is 3. The van der Waals surface area contributed by atoms with E-state index in [1.54, 1.807) is 0 Å². The van der Waals surface area contributed by atoms with Crippen LogP contribution in [0, 0.1) is 0 Å². The summed E-state index contributed by atoms with van der Waals surface area (Å²) in [5.41, 5.74) is 0. The maximum absolute atomic E-state index is 12.0. The highest BCUT2D eigenvalue weighted by Gasteiger charge is 2.48. The van der Waals surface area contributed by atoms with Gasteiger partial charge in [-0.05, 0) is 12.8 Å². The molecule has 4 N–H and O–H groups in total. The van der Waals surface area contributed by atoms with Crippen LogP contribution in [0.5, 0.6) is 0 Å². The lowest BCUT2D eigenvalue weighted by atomic mass is 9.99. The Bertz CT molecular complexity index is 704. The van der Waals surface area contributed by atoms with E-state index in [0.29, 0.717) is 13.0 Å². The molecule has 0 aliphatic carbocycles. The van der Waals surface area contributed by atoms with Crippen molar-refractivity contribution >= 4 is 16.4 Å². The number of hydrogen-bond donors (Lipinski definition) is 4. The number of aliphatic hydroxyl groups excluding tert-OH is 3. The topological polar surface area (TPSA) is 178 Å². The summed E-state index contributed by atoms with van der Waals surface area (Å²) in [7, 11) is -5.03. The predicted molar refractivity (Wildman–Crippen MR) is 133 cm³/mol. The first kappa shape index (κ1) is 34.1. The van der Waals surface area contributed by atoms with Gasteiger partial charge >= 0.3 is 16.4 Å². The molecule has 0 aromatic rings. The van der Waals surface area contributed by atoms with E-state index in [9.17, 15) is 28.5 Å². The highest BCUT2D eigenvalue weighted by atomic mass is 32.3. The molecule has 6 unspecified atom stereocenters. The minimum atomic E-state index is -5.03. The Morgan fingerprint density at radius 3 is 2.11 bits per heavy atom. The van der Waals surface area contributed by atoms with E-state index in [1.165, 1.54) is 38.5 Å². The molecule has 0 saturated carbocycles. The molecular weight excluding hydrogens is 512 g/mol. The lowest BCUT2D eigenvalue weighted by Crippen LogP contribution is -2.60. The van der Waals surface area contributed by atoms with Crippen LogP contribution in [0.25, 0.3) is 0 Å². The van der Waals surface area contributed by atoms with Crippen molar-refractivity contribution in [1.29, 1.82) is 0 Å². The molecule has 0 amide bonds. The molecule has 220 valence electrons. The lowest BCUT2D eigenvalue weighted by Gasteiger charge is -2.41. The third-order valence-corrected chi connectivity index (χ3v) is 6.41. The van der Waals surface area contributed by atoms with Crippen LogP contribution in [0.3, 0.4) is 0 Å². The van der Waals surface area contributed by atoms with Gasteiger partial charge in [-0.15, -0.1) is 0 Å². The van der Waals surface area contributed by atoms with Crippen molar-refractivity contribution in [3.63, 3.8) is 0 Å². The quantitative estimate of drug-likeness (QED) is 0.0915. The van der Waals surface area contributed by atoms with Crippen molar-refractivity contribution in [2.24, 2.45) is 0 Å². The number of hydrogen-bond acceptors (Lipinski definition) is 11. The number of carbonyl (C=O) groups excluding carboxylic acids is 1. The van der Waals surface area contributed by atoms with Gasteiger partial charge in [0.05, 0.1) is 19.8 Å². The van der Waals surface area contributed by atoms with Crippen LogP contribution in [-0.2, 0) is 38.3 Å². The van der Waals surface area contributed by atoms with E-state index in [4.69, 9.17) is 23.5 Å². The first-order valence-electron chi connectivity index (χ1n) is 13.3. The van der Waals surface area contributed by atoms with E-state index in [0.717, 1.165) is 19.3 Å². The van der Waals surface area contributed by atoms with Gasteiger partial charge in [0.2, 0.25) is 0 Å². The number of carbonyl (C=O) groups is 1. The second-order valence-electron chi connectivity index (χ2n) is 9.29. The Morgan fingerprint density at radius 2 is 1.54 bits per heavy atom. The van der Waals surface area contributed by atoms with E-state index < -0.39 is 59.8 Å². The van der Waals surface area contributed by atoms with Crippen molar-refractivity contribution in [3.8, 4) is 0 Å². The van der Waals surface area contributed by atoms with Gasteiger partial charge in [0, 0.05) is 13.0 Å². The minimum Gasteiger partial charge on any atom is -0.457 e. The number of esters is 1. The maximum Gasteiger partial charge on any atom is 0.397 e. The molecule has 0 spiro atoms. The molecule has 0 bridgehead atoms. The molecule has 37 heavy (non-hydrogen) atoms. The van der Waals surface area contributed by atoms with Crippen molar-refractivity contribution < 1.29 is 56.2 Å². The Kier molecular flexibility index (Phi) is 17.7. The van der Waals surface area contributed by atoms with Crippen LogP contribution in [0.1, 0.15) is 84.5 Å². The Hall–Kier alpha value is -0.900. The molecule has 0 radical (unpaired) electrons. The molecule has 1 heterocycles. The van der Waals surface area contributed by atoms with Crippen molar-refractivity contribution in [1.82, 2.24) is 0 Å². The summed E-state index contributed by atoms with van der Waals surface area (Å²) in [6.45, 7) is 3.52. The number of rotatable bonds is 21. The average molecular weight is 559 g/mol. The van der Waals surface area contributed by atoms with Crippen LogP contribution < -0.4 is 0 Å². The summed E-state index contributed by atoms with van der Waals surface area (Å²) < 4.78 is 57.4. The smallest absolute Gasteiger partial charge is 0.397 e. The van der Waals surface area contributed by atoms with Crippen LogP contribution in [0.4, 0.5) is 0 Å². The zero-order valence-corrected chi connectivity index (χ0v) is 22.9. The fourth-order valence-corrected chi connectivity index (χ4v) is 4.45. The molecule has 1 aliphatic rings. The SMILES string of the molecule is CCCCCCCCCCCOCC(COC1OC(CO)C(O)C(OS(=O)(=O)O)C1O)OC(=O)CCC. The van der Waals surface area contributed by atoms with Crippen LogP contribution in [0.15, 0.2) is 0 Å². The normalized spacial score (nSPS) is 25.2. The summed E-state index contributed by atoms with van der Waals surface area (Å²) in [5, 5.41) is 29.9. The summed E-state index contributed by atoms with van der Waals surface area (Å²) in [6.07, 6.45) is 2.14. The van der Waals surface area contributed by atoms with Gasteiger partial charge in [0.25, 0.3) is 0 Å². The van der Waals surface area contributed by atoms with Gasteiger partial charge in [-0.25, -0.2) is 4.18 Å². The zero-order chi connectivity index (χ0) is 27.7. The third kappa shape index (κ3) is 14.7. The van der Waals surface area contributed by atoms with E-state index in [1.807, 2.05) is 6.92 Å². The van der Waals surface area contributed by atoms with Crippen LogP contribution in [-0.4, -0.2) is 97.5 Å². The fourth-order valence-electron chi connectivity index (χ4n) is 3.94. The molecule has 1 fully saturated rings. The van der Waals surface area contributed by atoms with Crippen molar-refractivity contribution in [3.05, 3.63) is 0 Å². The Balaban J connectivity index is 2.54. The first-order valence-corrected chi connectivity index (χ1v) is 14.7. The molecule has 6 atom stereocenters. The van der Waals surface area contributed by atoms with Gasteiger partial charge in [0.15, 0.2) is 6.29 Å². The zero-order valence-electron chi connectivity index (χ0n) is 22.0. The fraction of sp³-hybridized carbons (Fsp3) is 0.958. The third-order valence-electron chi connectivity index (χ3n) is 5.95. The summed E-state index contributed by atoms with van der Waals surface area (Å²) in [4.78, 5) is 12.0. The van der Waals surface area contributed by atoms with Gasteiger partial charge in [-0.3, -0.25) is 9.35 Å². The van der Waals surface area contributed by atoms with Gasteiger partial charge in [-0.2, -0.15) is 8.42 Å². The second-order valence-corrected chi connectivity index (χ2v) is 10.3. The highest BCUT2D eigenvalue weighted by Crippen LogP contribution is 2.25. The number of unbranched alkanes of at least 4 members (excludes halogenated alkanes) is 8. The molecule has 1 saturated heterocycles. The summed E-state index contributed by atoms with van der Waals surface area (Å²) in [6, 6.07) is 0. The summed E-state index contributed by atoms with van der Waals surface area (Å²) in [5.74, 6) is -0.455. The Labute approximate surface area is 220 Å². The van der Waals surface area contributed by atoms with Gasteiger partial charge in [-0.1, -0.05) is 65.2 Å². The molecule has 12 nitrogen and oxygen atoms in total. The molecule has 0 aromatic carbocycles. The lowest BCUT2D eigenvalue weighted by molar-refractivity contribution is -0.301. The largest absolute Gasteiger partial charge is 0.457 e. The van der Waals surface area contributed by atoms with Gasteiger partial charge < -0.3 is 34.3 Å². The van der Waals surface area contributed by atoms with Crippen LogP contribution in [0.2, 0.25) is 0 Å². The molecule has 1 aliphatic heterocycles. The summed E-state index contributed by atoms with van der Waals surface area (Å²) >= 11 is 0. The van der Waals surface area contributed by atoms with Crippen LogP contribution >= 0.6 is 0 Å². The van der Waals surface area contributed by atoms with E-state index in [-0.39, 0.29) is 19.6 Å². The Morgan fingerprint density at radius 1 is 0.919 bits per heavy atom. The van der Waals surface area contributed by atoms with Gasteiger partial charge in [0.1, 0.15) is 30.5 Å². The molecule has 1 rings (SSSR count). The standard InChI is InChI=1S/C24H46O12S/c1-3-5-6-7-8-9-10-11-12-14-32-16-18(34-20(26)13-4-2)17-33-24-22(28)23(36-37(29,30)31)21(27)19(15-25)35-24/h18-19,21-25,27-28H,3-17H2,1-2H3,(H,29,30,31).